The smallest absolute Gasteiger partial charge is 0.262 e. The quantitative estimate of drug-likeness (QED) is 0.539. The van der Waals surface area contributed by atoms with Crippen molar-refractivity contribution in [2.45, 2.75) is 13.8 Å². The van der Waals surface area contributed by atoms with E-state index in [1.54, 1.807) is 10.8 Å². The lowest BCUT2D eigenvalue weighted by molar-refractivity contribution is -0.118. The van der Waals surface area contributed by atoms with E-state index in [4.69, 9.17) is 16.3 Å². The number of anilines is 1. The molecule has 0 aliphatic heterocycles. The molecule has 1 N–H and O–H groups in total. The zero-order valence-electron chi connectivity index (χ0n) is 15.9. The molecule has 0 saturated heterocycles. The standard InChI is InChI=1S/C21H18ClN5O2/c1-13-8-17(9-14(2)21(13)22)29-11-20(28)24-16-5-3-4-15(10-16)18-6-7-19-25-23-12-27(19)26-18/h3-10,12H,11H2,1-2H3,(H,24,28). The van der Waals surface area contributed by atoms with Crippen LogP contribution < -0.4 is 10.1 Å². The number of carbonyl (C=O) groups is 1. The van der Waals surface area contributed by atoms with Crippen molar-refractivity contribution in [2.75, 3.05) is 11.9 Å². The van der Waals surface area contributed by atoms with Gasteiger partial charge in [0.25, 0.3) is 5.91 Å². The summed E-state index contributed by atoms with van der Waals surface area (Å²) < 4.78 is 7.21. The largest absolute Gasteiger partial charge is 0.484 e. The predicted octanol–water partition coefficient (Wildman–Crippen LogP) is 4.08. The lowest BCUT2D eigenvalue weighted by atomic mass is 10.1. The zero-order valence-corrected chi connectivity index (χ0v) is 16.6. The van der Waals surface area contributed by atoms with Gasteiger partial charge in [-0.15, -0.1) is 10.2 Å². The van der Waals surface area contributed by atoms with E-state index in [-0.39, 0.29) is 12.5 Å². The molecule has 4 rings (SSSR count). The monoisotopic (exact) mass is 407 g/mol. The fourth-order valence-corrected chi connectivity index (χ4v) is 3.08. The molecule has 0 aliphatic carbocycles. The number of benzene rings is 2. The van der Waals surface area contributed by atoms with Gasteiger partial charge in [-0.3, -0.25) is 4.79 Å². The molecular weight excluding hydrogens is 390 g/mol. The molecule has 0 atom stereocenters. The highest BCUT2D eigenvalue weighted by Crippen LogP contribution is 2.26. The molecule has 0 aliphatic rings. The van der Waals surface area contributed by atoms with Crippen molar-refractivity contribution >= 4 is 28.8 Å². The van der Waals surface area contributed by atoms with Crippen LogP contribution in [0, 0.1) is 13.8 Å². The Labute approximate surface area is 172 Å². The Morgan fingerprint density at radius 3 is 2.72 bits per heavy atom. The van der Waals surface area contributed by atoms with Gasteiger partial charge in [-0.2, -0.15) is 9.61 Å². The fraction of sp³-hybridized carbons (Fsp3) is 0.143. The van der Waals surface area contributed by atoms with Crippen molar-refractivity contribution in [1.29, 1.82) is 0 Å². The molecule has 2 aromatic carbocycles. The van der Waals surface area contributed by atoms with E-state index in [2.05, 4.69) is 20.6 Å². The third-order valence-corrected chi connectivity index (χ3v) is 4.98. The van der Waals surface area contributed by atoms with Gasteiger partial charge in [0.2, 0.25) is 0 Å². The Kier molecular flexibility index (Phi) is 5.14. The first-order valence-corrected chi connectivity index (χ1v) is 9.34. The van der Waals surface area contributed by atoms with Crippen LogP contribution in [0.15, 0.2) is 54.9 Å². The normalized spacial score (nSPS) is 10.9. The van der Waals surface area contributed by atoms with Crippen LogP contribution in [0.2, 0.25) is 5.02 Å². The molecule has 0 saturated carbocycles. The first kappa shape index (κ1) is 18.9. The second-order valence-electron chi connectivity index (χ2n) is 6.64. The van der Waals surface area contributed by atoms with Gasteiger partial charge >= 0.3 is 0 Å². The molecule has 0 fully saturated rings. The molecule has 4 aromatic rings. The van der Waals surface area contributed by atoms with Crippen molar-refractivity contribution < 1.29 is 9.53 Å². The van der Waals surface area contributed by atoms with Gasteiger partial charge in [0.15, 0.2) is 12.3 Å². The van der Waals surface area contributed by atoms with Gasteiger partial charge < -0.3 is 10.1 Å². The van der Waals surface area contributed by atoms with Crippen molar-refractivity contribution in [2.24, 2.45) is 0 Å². The van der Waals surface area contributed by atoms with Gasteiger partial charge in [-0.25, -0.2) is 0 Å². The number of rotatable bonds is 5. The van der Waals surface area contributed by atoms with E-state index in [1.165, 1.54) is 0 Å². The molecule has 0 unspecified atom stereocenters. The van der Waals surface area contributed by atoms with E-state index in [1.807, 2.05) is 62.4 Å². The van der Waals surface area contributed by atoms with E-state index in [0.717, 1.165) is 22.4 Å². The van der Waals surface area contributed by atoms with Gasteiger partial charge in [-0.1, -0.05) is 23.7 Å². The summed E-state index contributed by atoms with van der Waals surface area (Å²) in [4.78, 5) is 12.3. The van der Waals surface area contributed by atoms with E-state index < -0.39 is 0 Å². The number of nitrogens with one attached hydrogen (secondary N) is 1. The first-order chi connectivity index (χ1) is 14.0. The number of aromatic nitrogens is 4. The van der Waals surface area contributed by atoms with Crippen LogP contribution in [0.3, 0.4) is 0 Å². The number of aryl methyl sites for hydroxylation is 2. The van der Waals surface area contributed by atoms with Crippen molar-refractivity contribution in [1.82, 2.24) is 19.8 Å². The number of carbonyl (C=O) groups excluding carboxylic acids is 1. The Hall–Kier alpha value is -3.45. The minimum Gasteiger partial charge on any atom is -0.484 e. The SMILES string of the molecule is Cc1cc(OCC(=O)Nc2cccc(-c3ccc4nncn4n3)c2)cc(C)c1Cl. The lowest BCUT2D eigenvalue weighted by Gasteiger charge is -2.11. The maximum Gasteiger partial charge on any atom is 0.262 e. The summed E-state index contributed by atoms with van der Waals surface area (Å²) >= 11 is 6.16. The summed E-state index contributed by atoms with van der Waals surface area (Å²) in [6.45, 7) is 3.70. The maximum absolute atomic E-state index is 12.3. The van der Waals surface area contributed by atoms with Crippen LogP contribution in [-0.2, 0) is 4.79 Å². The van der Waals surface area contributed by atoms with E-state index in [0.29, 0.717) is 22.1 Å². The second kappa shape index (κ2) is 7.89. The third kappa shape index (κ3) is 4.20. The number of nitrogens with zero attached hydrogens (tertiary/aromatic N) is 4. The molecule has 7 nitrogen and oxygen atoms in total. The van der Waals surface area contributed by atoms with Crippen LogP contribution in [-0.4, -0.2) is 32.3 Å². The Morgan fingerprint density at radius 1 is 1.14 bits per heavy atom. The maximum atomic E-state index is 12.3. The highest BCUT2D eigenvalue weighted by Gasteiger charge is 2.09. The summed E-state index contributed by atoms with van der Waals surface area (Å²) in [5.41, 5.74) is 4.76. The third-order valence-electron chi connectivity index (χ3n) is 4.38. The van der Waals surface area contributed by atoms with Crippen molar-refractivity contribution in [3.63, 3.8) is 0 Å². The molecule has 0 radical (unpaired) electrons. The molecule has 2 aromatic heterocycles. The molecule has 8 heteroatoms. The number of hydrogen-bond donors (Lipinski definition) is 1. The zero-order chi connectivity index (χ0) is 20.4. The Bertz CT molecular complexity index is 1180. The highest BCUT2D eigenvalue weighted by molar-refractivity contribution is 6.32. The average Bonchev–Trinajstić information content (AvgIpc) is 3.18. The van der Waals surface area contributed by atoms with Crippen LogP contribution in [0.5, 0.6) is 5.75 Å². The van der Waals surface area contributed by atoms with Gasteiger partial charge in [0.1, 0.15) is 12.1 Å². The molecule has 1 amide bonds. The summed E-state index contributed by atoms with van der Waals surface area (Å²) in [6.07, 6.45) is 1.54. The molecule has 0 bridgehead atoms. The summed E-state index contributed by atoms with van der Waals surface area (Å²) in [6, 6.07) is 14.8. The van der Waals surface area contributed by atoms with Crippen LogP contribution in [0.1, 0.15) is 11.1 Å². The van der Waals surface area contributed by atoms with E-state index in [9.17, 15) is 4.79 Å². The topological polar surface area (TPSA) is 81.4 Å². The molecule has 29 heavy (non-hydrogen) atoms. The fourth-order valence-electron chi connectivity index (χ4n) is 2.97. The number of amides is 1. The number of fused-ring (bicyclic) bond motifs is 1. The minimum atomic E-state index is -0.255. The van der Waals surface area contributed by atoms with Gasteiger partial charge in [-0.05, 0) is 61.4 Å². The van der Waals surface area contributed by atoms with Crippen molar-refractivity contribution in [3.8, 4) is 17.0 Å². The Morgan fingerprint density at radius 2 is 1.93 bits per heavy atom. The summed E-state index contributed by atoms with van der Waals surface area (Å²) in [5, 5.41) is 15.8. The summed E-state index contributed by atoms with van der Waals surface area (Å²) in [7, 11) is 0. The second-order valence-corrected chi connectivity index (χ2v) is 7.02. The Balaban J connectivity index is 1.44. The van der Waals surface area contributed by atoms with E-state index >= 15 is 0 Å². The van der Waals surface area contributed by atoms with Gasteiger partial charge in [0.05, 0.1) is 5.69 Å². The summed E-state index contributed by atoms with van der Waals surface area (Å²) in [5.74, 6) is 0.356. The molecular formula is C21H18ClN5O2. The minimum absolute atomic E-state index is 0.102. The number of halogens is 1. The molecule has 0 spiro atoms. The lowest BCUT2D eigenvalue weighted by Crippen LogP contribution is -2.20. The first-order valence-electron chi connectivity index (χ1n) is 8.96. The number of ether oxygens (including phenoxy) is 1. The van der Waals surface area contributed by atoms with Crippen LogP contribution >= 0.6 is 11.6 Å². The molecule has 2 heterocycles. The average molecular weight is 408 g/mol. The van der Waals surface area contributed by atoms with Crippen LogP contribution in [0.4, 0.5) is 5.69 Å². The van der Waals surface area contributed by atoms with Crippen molar-refractivity contribution in [3.05, 3.63) is 71.0 Å². The van der Waals surface area contributed by atoms with Gasteiger partial charge in [0, 0.05) is 16.3 Å². The van der Waals surface area contributed by atoms with Crippen LogP contribution in [0.25, 0.3) is 16.9 Å². The molecule has 146 valence electrons. The number of hydrogen-bond acceptors (Lipinski definition) is 5. The highest BCUT2D eigenvalue weighted by atomic mass is 35.5. The predicted molar refractivity (Wildman–Crippen MR) is 111 cm³/mol.